The fraction of sp³-hybridized carbons (Fsp3) is 0.500. The van der Waals surface area contributed by atoms with Gasteiger partial charge in [-0.1, -0.05) is 32.9 Å². The Bertz CT molecular complexity index is 1190. The number of hydrogen-bond acceptors (Lipinski definition) is 4. The van der Waals surface area contributed by atoms with E-state index < -0.39 is 10.0 Å². The maximum atomic E-state index is 13.8. The van der Waals surface area contributed by atoms with Crippen molar-refractivity contribution in [2.24, 2.45) is 11.8 Å². The van der Waals surface area contributed by atoms with E-state index in [1.165, 1.54) is 9.87 Å². The molecule has 3 aromatic rings. The summed E-state index contributed by atoms with van der Waals surface area (Å²) in [6.45, 7) is 11.1. The Labute approximate surface area is 197 Å². The second-order valence-corrected chi connectivity index (χ2v) is 11.3. The Morgan fingerprint density at radius 1 is 1.12 bits per heavy atom. The summed E-state index contributed by atoms with van der Waals surface area (Å²) < 4.78 is 36.7. The molecule has 1 saturated heterocycles. The van der Waals surface area contributed by atoms with E-state index in [1.807, 2.05) is 51.1 Å². The summed E-state index contributed by atoms with van der Waals surface area (Å²) in [5, 5.41) is 0. The molecule has 0 unspecified atom stereocenters. The van der Waals surface area contributed by atoms with Crippen LogP contribution in [-0.4, -0.2) is 37.7 Å². The van der Waals surface area contributed by atoms with Crippen molar-refractivity contribution in [3.63, 3.8) is 0 Å². The predicted molar refractivity (Wildman–Crippen MR) is 133 cm³/mol. The van der Waals surface area contributed by atoms with Crippen LogP contribution in [0, 0.1) is 18.8 Å². The van der Waals surface area contributed by atoms with Crippen LogP contribution < -0.4 is 4.31 Å². The number of nitrogens with zero attached hydrogens (tertiary/aromatic N) is 3. The molecule has 178 valence electrons. The minimum atomic E-state index is -3.72. The molecule has 6 nitrogen and oxygen atoms in total. The van der Waals surface area contributed by atoms with E-state index in [1.54, 1.807) is 12.1 Å². The van der Waals surface area contributed by atoms with Gasteiger partial charge in [-0.2, -0.15) is 0 Å². The number of aryl methyl sites for hydroxylation is 2. The van der Waals surface area contributed by atoms with Gasteiger partial charge in [0.2, 0.25) is 0 Å². The molecular formula is C26H35N3O3S. The average Bonchev–Trinajstić information content (AvgIpc) is 3.12. The van der Waals surface area contributed by atoms with Crippen molar-refractivity contribution in [3.05, 3.63) is 53.9 Å². The predicted octanol–water partition coefficient (Wildman–Crippen LogP) is 5.19. The van der Waals surface area contributed by atoms with Crippen LogP contribution in [0.3, 0.4) is 0 Å². The second kappa shape index (κ2) is 9.85. The van der Waals surface area contributed by atoms with Gasteiger partial charge in [-0.3, -0.25) is 4.31 Å². The Morgan fingerprint density at radius 3 is 2.45 bits per heavy atom. The highest BCUT2D eigenvalue weighted by Gasteiger charge is 2.27. The average molecular weight is 470 g/mol. The van der Waals surface area contributed by atoms with Crippen molar-refractivity contribution in [1.82, 2.24) is 9.55 Å². The third kappa shape index (κ3) is 5.09. The van der Waals surface area contributed by atoms with Gasteiger partial charge < -0.3 is 9.30 Å². The van der Waals surface area contributed by atoms with Crippen LogP contribution in [0.5, 0.6) is 0 Å². The van der Waals surface area contributed by atoms with E-state index in [4.69, 9.17) is 9.72 Å². The van der Waals surface area contributed by atoms with E-state index in [2.05, 4.69) is 11.5 Å². The Morgan fingerprint density at radius 2 is 1.82 bits per heavy atom. The second-order valence-electron chi connectivity index (χ2n) is 9.43. The quantitative estimate of drug-likeness (QED) is 0.456. The molecule has 0 bridgehead atoms. The smallest absolute Gasteiger partial charge is 0.264 e. The normalized spacial score (nSPS) is 15.4. The number of hydrogen-bond donors (Lipinski definition) is 0. The summed E-state index contributed by atoms with van der Waals surface area (Å²) in [5.74, 6) is 1.67. The van der Waals surface area contributed by atoms with Crippen molar-refractivity contribution in [2.75, 3.05) is 24.1 Å². The summed E-state index contributed by atoms with van der Waals surface area (Å²) in [6, 6.07) is 13.2. The molecule has 7 heteroatoms. The molecule has 1 aliphatic rings. The molecule has 0 spiro atoms. The van der Waals surface area contributed by atoms with Crippen LogP contribution in [0.15, 0.2) is 47.4 Å². The lowest BCUT2D eigenvalue weighted by Crippen LogP contribution is -2.34. The molecular weight excluding hydrogens is 434 g/mol. The minimum absolute atomic E-state index is 0.190. The number of ether oxygens (including phenoxy) is 1. The molecule has 0 radical (unpaired) electrons. The van der Waals surface area contributed by atoms with Gasteiger partial charge in [-0.15, -0.1) is 0 Å². The molecule has 0 atom stereocenters. The van der Waals surface area contributed by atoms with Crippen molar-refractivity contribution in [3.8, 4) is 0 Å². The molecule has 1 aromatic heterocycles. The van der Waals surface area contributed by atoms with Crippen molar-refractivity contribution in [2.45, 2.75) is 58.4 Å². The fourth-order valence-electron chi connectivity index (χ4n) is 4.51. The molecule has 0 saturated carbocycles. The highest BCUT2D eigenvalue weighted by atomic mass is 32.2. The first kappa shape index (κ1) is 23.8. The van der Waals surface area contributed by atoms with Gasteiger partial charge in [0.1, 0.15) is 5.82 Å². The molecule has 2 heterocycles. The van der Waals surface area contributed by atoms with Crippen LogP contribution >= 0.6 is 0 Å². The van der Waals surface area contributed by atoms with Gasteiger partial charge in [0, 0.05) is 26.3 Å². The zero-order chi connectivity index (χ0) is 23.6. The summed E-state index contributed by atoms with van der Waals surface area (Å²) >= 11 is 0. The Hall–Kier alpha value is -2.38. The Kier molecular flexibility index (Phi) is 7.10. The molecule has 1 fully saturated rings. The van der Waals surface area contributed by atoms with Gasteiger partial charge in [-0.25, -0.2) is 13.4 Å². The summed E-state index contributed by atoms with van der Waals surface area (Å²) in [5.41, 5.74) is 3.60. The third-order valence-corrected chi connectivity index (χ3v) is 8.23. The summed E-state index contributed by atoms with van der Waals surface area (Å²) in [6.07, 6.45) is 3.02. The molecule has 0 amide bonds. The molecule has 33 heavy (non-hydrogen) atoms. The SMILES string of the molecule is CCc1ccc(N(CC(C)C)S(=O)(=O)c2ccc3c(c2)nc(C)n3CC2CCOCC2)cc1. The number of benzene rings is 2. The lowest BCUT2D eigenvalue weighted by molar-refractivity contribution is 0.0614. The molecule has 1 aliphatic heterocycles. The number of sulfonamides is 1. The number of fused-ring (bicyclic) bond motifs is 1. The monoisotopic (exact) mass is 469 g/mol. The first-order valence-electron chi connectivity index (χ1n) is 12.0. The van der Waals surface area contributed by atoms with Gasteiger partial charge in [0.15, 0.2) is 0 Å². The number of anilines is 1. The van der Waals surface area contributed by atoms with Crippen LogP contribution in [0.4, 0.5) is 5.69 Å². The van der Waals surface area contributed by atoms with Crippen LogP contribution in [0.25, 0.3) is 11.0 Å². The lowest BCUT2D eigenvalue weighted by atomic mass is 10.0. The highest BCUT2D eigenvalue weighted by Crippen LogP contribution is 2.29. The van der Waals surface area contributed by atoms with Gasteiger partial charge in [0.25, 0.3) is 10.0 Å². The van der Waals surface area contributed by atoms with E-state index in [9.17, 15) is 8.42 Å². The van der Waals surface area contributed by atoms with Gasteiger partial charge in [-0.05, 0) is 73.9 Å². The third-order valence-electron chi connectivity index (χ3n) is 6.44. The summed E-state index contributed by atoms with van der Waals surface area (Å²) in [4.78, 5) is 5.00. The first-order chi connectivity index (χ1) is 15.8. The lowest BCUT2D eigenvalue weighted by Gasteiger charge is -2.26. The van der Waals surface area contributed by atoms with Crippen molar-refractivity contribution < 1.29 is 13.2 Å². The molecule has 4 rings (SSSR count). The van der Waals surface area contributed by atoms with Gasteiger partial charge >= 0.3 is 0 Å². The van der Waals surface area contributed by atoms with E-state index in [-0.39, 0.29) is 10.8 Å². The standard InChI is InChI=1S/C26H35N3O3S/c1-5-21-6-8-23(9-7-21)29(17-19(2)3)33(30,31)24-10-11-26-25(16-24)27-20(4)28(26)18-22-12-14-32-15-13-22/h6-11,16,19,22H,5,12-15,17-18H2,1-4H3. The fourth-order valence-corrected chi connectivity index (χ4v) is 6.16. The minimum Gasteiger partial charge on any atom is -0.381 e. The number of imidazole rings is 1. The van der Waals surface area contributed by atoms with E-state index >= 15 is 0 Å². The van der Waals surface area contributed by atoms with Crippen molar-refractivity contribution >= 4 is 26.7 Å². The zero-order valence-electron chi connectivity index (χ0n) is 20.1. The Balaban J connectivity index is 1.68. The maximum absolute atomic E-state index is 13.8. The summed E-state index contributed by atoms with van der Waals surface area (Å²) in [7, 11) is -3.72. The van der Waals surface area contributed by atoms with E-state index in [0.717, 1.165) is 55.9 Å². The largest absolute Gasteiger partial charge is 0.381 e. The van der Waals surface area contributed by atoms with Crippen LogP contribution in [-0.2, 0) is 27.7 Å². The zero-order valence-corrected chi connectivity index (χ0v) is 20.9. The molecule has 0 aliphatic carbocycles. The van der Waals surface area contributed by atoms with Crippen LogP contribution in [0.1, 0.15) is 45.0 Å². The van der Waals surface area contributed by atoms with Crippen molar-refractivity contribution in [1.29, 1.82) is 0 Å². The topological polar surface area (TPSA) is 64.4 Å². The van der Waals surface area contributed by atoms with Gasteiger partial charge in [0.05, 0.1) is 21.6 Å². The number of rotatable bonds is 8. The number of aromatic nitrogens is 2. The van der Waals surface area contributed by atoms with E-state index in [0.29, 0.717) is 18.2 Å². The molecule has 2 aromatic carbocycles. The molecule has 0 N–H and O–H groups in total. The first-order valence-corrected chi connectivity index (χ1v) is 13.4. The maximum Gasteiger partial charge on any atom is 0.264 e. The highest BCUT2D eigenvalue weighted by molar-refractivity contribution is 7.92. The van der Waals surface area contributed by atoms with Crippen LogP contribution in [0.2, 0.25) is 0 Å².